The Hall–Kier alpha value is -6.20. The Morgan fingerprint density at radius 1 is 0.593 bits per heavy atom. The van der Waals surface area contributed by atoms with Crippen LogP contribution in [0.15, 0.2) is 100 Å². The van der Waals surface area contributed by atoms with Crippen LogP contribution in [0.1, 0.15) is 111 Å². The summed E-state index contributed by atoms with van der Waals surface area (Å²) < 4.78 is 5.02. The van der Waals surface area contributed by atoms with Crippen molar-refractivity contribution < 1.29 is 9.59 Å². The second-order valence-electron chi connectivity index (χ2n) is 16.4. The number of carbonyl (C=O) groups is 2. The summed E-state index contributed by atoms with van der Waals surface area (Å²) in [6, 6.07) is 25.0. The number of hydrogen-bond donors (Lipinski definition) is 0. The maximum absolute atomic E-state index is 14.2. The van der Waals surface area contributed by atoms with Crippen LogP contribution < -0.4 is 0 Å². The van der Waals surface area contributed by atoms with E-state index in [1.807, 2.05) is 71.2 Å². The predicted octanol–water partition coefficient (Wildman–Crippen LogP) is 12.7. The fourth-order valence-corrected chi connectivity index (χ4v) is 15.8. The number of thiophene rings is 3. The number of Topliss-reactive ketones (excluding diaryl/α,β-unsaturated/α-hetero) is 2. The van der Waals surface area contributed by atoms with Crippen LogP contribution in [0.3, 0.4) is 0 Å². The fraction of sp³-hybridized carbons (Fsp3) is 0.240. The van der Waals surface area contributed by atoms with Crippen molar-refractivity contribution in [1.29, 1.82) is 21.0 Å². The van der Waals surface area contributed by atoms with Gasteiger partial charge in [-0.2, -0.15) is 21.0 Å². The van der Waals surface area contributed by atoms with Gasteiger partial charge in [-0.3, -0.25) is 9.59 Å². The van der Waals surface area contributed by atoms with Gasteiger partial charge in [-0.15, -0.1) is 34.0 Å². The summed E-state index contributed by atoms with van der Waals surface area (Å²) in [6.07, 6.45) is 17.3. The third kappa shape index (κ3) is 4.79. The van der Waals surface area contributed by atoms with Crippen LogP contribution >= 0.6 is 34.0 Å². The summed E-state index contributed by atoms with van der Waals surface area (Å²) in [4.78, 5) is 30.3. The lowest BCUT2D eigenvalue weighted by Crippen LogP contribution is -2.28. The highest BCUT2D eigenvalue weighted by Crippen LogP contribution is 2.70. The molecular weight excluding hydrogens is 785 g/mol. The Balaban J connectivity index is 1.08. The Morgan fingerprint density at radius 3 is 1.68 bits per heavy atom. The quantitative estimate of drug-likeness (QED) is 0.129. The van der Waals surface area contributed by atoms with E-state index >= 15 is 0 Å². The summed E-state index contributed by atoms with van der Waals surface area (Å²) in [6.45, 7) is 0. The number of fused-ring (bicyclic) bond motifs is 11. The minimum Gasteiger partial charge on any atom is -0.289 e. The second kappa shape index (κ2) is 13.2. The lowest BCUT2D eigenvalue weighted by atomic mass is 9.66. The molecule has 0 radical (unpaired) electrons. The van der Waals surface area contributed by atoms with Crippen LogP contribution in [-0.4, -0.2) is 11.6 Å². The van der Waals surface area contributed by atoms with Crippen molar-refractivity contribution in [3.63, 3.8) is 0 Å². The summed E-state index contributed by atoms with van der Waals surface area (Å²) in [5, 5.41) is 39.9. The van der Waals surface area contributed by atoms with E-state index in [4.69, 9.17) is 0 Å². The van der Waals surface area contributed by atoms with Gasteiger partial charge in [0.2, 0.25) is 0 Å². The Bertz CT molecular complexity index is 3170. The SMILES string of the molecule is N#CC(C#N)=C1/C(=C/C2=CC3=C(c4sc5c(sc6cc(/C=C7/C(=O)c8ccccc8C7=C(C#N)C#N)sc65)c4C34CCCCC4)C23CCCCC3)C(=O)c2ccccc21. The van der Waals surface area contributed by atoms with Crippen molar-refractivity contribution in [2.75, 3.05) is 0 Å². The van der Waals surface area contributed by atoms with Gasteiger partial charge >= 0.3 is 0 Å². The van der Waals surface area contributed by atoms with Crippen LogP contribution in [0.2, 0.25) is 0 Å². The molecule has 2 fully saturated rings. The number of rotatable bonds is 2. The molecule has 59 heavy (non-hydrogen) atoms. The van der Waals surface area contributed by atoms with Crippen molar-refractivity contribution in [2.45, 2.75) is 69.6 Å². The van der Waals surface area contributed by atoms with Crippen molar-refractivity contribution in [1.82, 2.24) is 0 Å². The molecule has 3 heterocycles. The largest absolute Gasteiger partial charge is 0.289 e. The topological polar surface area (TPSA) is 129 Å². The van der Waals surface area contributed by atoms with Gasteiger partial charge in [0, 0.05) is 58.7 Å². The Kier molecular flexibility index (Phi) is 8.01. The van der Waals surface area contributed by atoms with E-state index < -0.39 is 0 Å². The van der Waals surface area contributed by atoms with Crippen LogP contribution in [-0.2, 0) is 5.41 Å². The highest BCUT2D eigenvalue weighted by molar-refractivity contribution is 7.39. The molecule has 0 N–H and O–H groups in total. The van der Waals surface area contributed by atoms with E-state index in [0.717, 1.165) is 68.2 Å². The maximum Gasteiger partial charge on any atom is 0.194 e. The normalized spacial score (nSPS) is 20.8. The van der Waals surface area contributed by atoms with Gasteiger partial charge in [-0.05, 0) is 77.3 Å². The zero-order valence-electron chi connectivity index (χ0n) is 31.8. The van der Waals surface area contributed by atoms with E-state index in [1.54, 1.807) is 29.5 Å². The Morgan fingerprint density at radius 2 is 1.12 bits per heavy atom. The first kappa shape index (κ1) is 35.9. The molecule has 11 rings (SSSR count). The molecule has 0 atom stereocenters. The molecule has 0 bridgehead atoms. The highest BCUT2D eigenvalue weighted by atomic mass is 32.1. The van der Waals surface area contributed by atoms with E-state index in [2.05, 4.69) is 30.4 Å². The van der Waals surface area contributed by atoms with E-state index in [0.29, 0.717) is 44.5 Å². The summed E-state index contributed by atoms with van der Waals surface area (Å²) >= 11 is 5.42. The first-order valence-electron chi connectivity index (χ1n) is 20.2. The zero-order chi connectivity index (χ0) is 40.2. The van der Waals surface area contributed by atoms with Crippen molar-refractivity contribution in [3.05, 3.63) is 138 Å². The van der Waals surface area contributed by atoms with E-state index in [1.165, 1.54) is 46.8 Å². The monoisotopic (exact) mass is 816 g/mol. The van der Waals surface area contributed by atoms with Gasteiger partial charge < -0.3 is 0 Å². The number of hydrogen-bond acceptors (Lipinski definition) is 9. The number of carbonyl (C=O) groups excluding carboxylic acids is 2. The van der Waals surface area contributed by atoms with Crippen molar-refractivity contribution in [2.24, 2.45) is 5.41 Å². The number of nitrogens with zero attached hydrogens (tertiary/aromatic N) is 4. The molecule has 6 nitrogen and oxygen atoms in total. The minimum atomic E-state index is -0.271. The predicted molar refractivity (Wildman–Crippen MR) is 234 cm³/mol. The first-order chi connectivity index (χ1) is 28.9. The molecule has 0 saturated heterocycles. The van der Waals surface area contributed by atoms with Crippen LogP contribution in [0, 0.1) is 50.7 Å². The molecule has 6 aliphatic carbocycles. The van der Waals surface area contributed by atoms with Gasteiger partial charge in [0.1, 0.15) is 35.4 Å². The molecule has 0 aliphatic heterocycles. The lowest BCUT2D eigenvalue weighted by molar-refractivity contribution is 0.103. The van der Waals surface area contributed by atoms with E-state index in [9.17, 15) is 30.6 Å². The molecule has 0 unspecified atom stereocenters. The van der Waals surface area contributed by atoms with Crippen LogP contribution in [0.25, 0.3) is 41.6 Å². The van der Waals surface area contributed by atoms with Gasteiger partial charge in [0.05, 0.1) is 14.1 Å². The number of ketones is 2. The average molecular weight is 817 g/mol. The van der Waals surface area contributed by atoms with Gasteiger partial charge in [0.15, 0.2) is 11.6 Å². The number of nitriles is 4. The zero-order valence-corrected chi connectivity index (χ0v) is 34.3. The molecule has 9 heteroatoms. The molecule has 5 aromatic rings. The van der Waals surface area contributed by atoms with Gasteiger partial charge in [-0.1, -0.05) is 93.1 Å². The van der Waals surface area contributed by atoms with Crippen molar-refractivity contribution >= 4 is 87.2 Å². The van der Waals surface area contributed by atoms with E-state index in [-0.39, 0.29) is 33.5 Å². The summed E-state index contributed by atoms with van der Waals surface area (Å²) in [7, 11) is 0. The smallest absolute Gasteiger partial charge is 0.194 e. The number of allylic oxidation sites excluding steroid dienone is 11. The van der Waals surface area contributed by atoms with Crippen LogP contribution in [0.5, 0.6) is 0 Å². The molecule has 6 aliphatic rings. The van der Waals surface area contributed by atoms with Crippen molar-refractivity contribution in [3.8, 4) is 24.3 Å². The van der Waals surface area contributed by atoms with Crippen LogP contribution in [0.4, 0.5) is 0 Å². The maximum atomic E-state index is 14.2. The molecular formula is C50H32N4O2S3. The molecule has 3 aromatic heterocycles. The second-order valence-corrected chi connectivity index (χ2v) is 19.6. The Labute approximate surface area is 352 Å². The highest BCUT2D eigenvalue weighted by Gasteiger charge is 2.56. The third-order valence-corrected chi connectivity index (χ3v) is 17.5. The summed E-state index contributed by atoms with van der Waals surface area (Å²) in [5.74, 6) is -0.302. The van der Waals surface area contributed by atoms with Gasteiger partial charge in [-0.25, -0.2) is 0 Å². The number of benzene rings is 2. The third-order valence-electron chi connectivity index (χ3n) is 13.7. The standard InChI is InChI=1S/C50H32N4O2S3/c51-23-27(24-52)39-31-11-3-5-13-33(31)43(55)35(39)19-29-20-37-41(49(29)15-7-1-8-16-49)46-42(50(37)17-9-2-10-18-50)47-48(59-46)45-38(58-47)22-30(57-45)21-36-40(28(25-53)26-54)32-12-4-6-14-34(32)44(36)56/h3-6,11-14,19-22H,1-2,7-10,15-18H2/b35-19-,36-21+. The molecule has 0 amide bonds. The summed E-state index contributed by atoms with van der Waals surface area (Å²) in [5.41, 5.74) is 9.05. The average Bonchev–Trinajstić information content (AvgIpc) is 4.12. The lowest BCUT2D eigenvalue weighted by Gasteiger charge is -2.38. The molecule has 2 spiro atoms. The molecule has 282 valence electrons. The first-order valence-corrected chi connectivity index (χ1v) is 22.6. The molecule has 2 saturated carbocycles. The molecule has 2 aromatic carbocycles. The van der Waals surface area contributed by atoms with Gasteiger partial charge in [0.25, 0.3) is 0 Å². The minimum absolute atomic E-state index is 0.0319. The fourth-order valence-electron chi connectivity index (χ4n) is 11.2.